The Bertz CT molecular complexity index is 495. The van der Waals surface area contributed by atoms with Gasteiger partial charge in [-0.2, -0.15) is 0 Å². The molecule has 0 aliphatic carbocycles. The van der Waals surface area contributed by atoms with Crippen LogP contribution in [-0.2, 0) is 12.8 Å². The van der Waals surface area contributed by atoms with Gasteiger partial charge >= 0.3 is 0 Å². The lowest BCUT2D eigenvalue weighted by molar-refractivity contribution is 0.265. The van der Waals surface area contributed by atoms with E-state index in [1.165, 1.54) is 9.75 Å². The monoisotopic (exact) mass is 289 g/mol. The molecular weight excluding hydrogens is 266 g/mol. The van der Waals surface area contributed by atoms with Crippen LogP contribution in [0.1, 0.15) is 23.6 Å². The minimum Gasteiger partial charge on any atom is -0.492 e. The van der Waals surface area contributed by atoms with Crippen molar-refractivity contribution < 1.29 is 4.74 Å². The van der Waals surface area contributed by atoms with Crippen LogP contribution in [0.25, 0.3) is 0 Å². The van der Waals surface area contributed by atoms with Gasteiger partial charge in [0.1, 0.15) is 12.4 Å². The predicted molar refractivity (Wildman–Crippen MR) is 86.8 cm³/mol. The van der Waals surface area contributed by atoms with Crippen LogP contribution in [-0.4, -0.2) is 19.2 Å². The summed E-state index contributed by atoms with van der Waals surface area (Å²) >= 11 is 1.91. The number of nitrogens with one attached hydrogen (secondary N) is 1. The maximum atomic E-state index is 5.87. The molecule has 1 aromatic carbocycles. The van der Waals surface area contributed by atoms with Gasteiger partial charge in [-0.1, -0.05) is 32.0 Å². The second kappa shape index (κ2) is 8.08. The van der Waals surface area contributed by atoms with Crippen molar-refractivity contribution in [2.24, 2.45) is 0 Å². The molecule has 1 heterocycles. The molecule has 1 atom stereocenters. The number of ether oxygens (including phenoxy) is 1. The molecule has 0 saturated carbocycles. The van der Waals surface area contributed by atoms with Crippen LogP contribution in [0.4, 0.5) is 0 Å². The number of para-hydroxylation sites is 1. The SMILES string of the molecule is CCNC(COc1ccccc1)Cc1ccc(CC)s1. The van der Waals surface area contributed by atoms with Crippen LogP contribution in [0.15, 0.2) is 42.5 Å². The molecule has 0 bridgehead atoms. The second-order valence-electron chi connectivity index (χ2n) is 4.80. The molecule has 20 heavy (non-hydrogen) atoms. The maximum absolute atomic E-state index is 5.87. The third-order valence-corrected chi connectivity index (χ3v) is 4.45. The van der Waals surface area contributed by atoms with Gasteiger partial charge in [0.15, 0.2) is 0 Å². The Morgan fingerprint density at radius 2 is 1.80 bits per heavy atom. The molecule has 1 N–H and O–H groups in total. The van der Waals surface area contributed by atoms with Crippen molar-refractivity contribution in [2.75, 3.05) is 13.2 Å². The van der Waals surface area contributed by atoms with E-state index in [1.807, 2.05) is 41.7 Å². The first-order valence-electron chi connectivity index (χ1n) is 7.30. The van der Waals surface area contributed by atoms with Gasteiger partial charge in [-0.3, -0.25) is 0 Å². The highest BCUT2D eigenvalue weighted by Gasteiger charge is 2.11. The largest absolute Gasteiger partial charge is 0.492 e. The summed E-state index contributed by atoms with van der Waals surface area (Å²) < 4.78 is 5.87. The summed E-state index contributed by atoms with van der Waals surface area (Å²) in [6.45, 7) is 6.02. The number of rotatable bonds is 8. The van der Waals surface area contributed by atoms with Crippen molar-refractivity contribution in [3.05, 3.63) is 52.2 Å². The lowest BCUT2D eigenvalue weighted by atomic mass is 10.2. The molecule has 0 aliphatic rings. The van der Waals surface area contributed by atoms with Gasteiger partial charge in [0, 0.05) is 22.2 Å². The van der Waals surface area contributed by atoms with Crippen LogP contribution in [0.5, 0.6) is 5.75 Å². The predicted octanol–water partition coefficient (Wildman–Crippen LogP) is 3.91. The zero-order valence-electron chi connectivity index (χ0n) is 12.3. The molecule has 0 spiro atoms. The molecule has 0 fully saturated rings. The van der Waals surface area contributed by atoms with E-state index >= 15 is 0 Å². The average molecular weight is 289 g/mol. The Hall–Kier alpha value is -1.32. The number of benzene rings is 1. The van der Waals surface area contributed by atoms with E-state index in [0.29, 0.717) is 12.6 Å². The Balaban J connectivity index is 1.89. The Morgan fingerprint density at radius 3 is 2.45 bits per heavy atom. The number of thiophene rings is 1. The average Bonchev–Trinajstić information content (AvgIpc) is 2.94. The van der Waals surface area contributed by atoms with Crippen molar-refractivity contribution in [1.29, 1.82) is 0 Å². The Labute approximate surface area is 125 Å². The van der Waals surface area contributed by atoms with Crippen LogP contribution in [0, 0.1) is 0 Å². The fourth-order valence-electron chi connectivity index (χ4n) is 2.16. The lowest BCUT2D eigenvalue weighted by Gasteiger charge is -2.18. The molecule has 2 nitrogen and oxygen atoms in total. The number of likely N-dealkylation sites (N-methyl/N-ethyl adjacent to an activating group) is 1. The highest BCUT2D eigenvalue weighted by Crippen LogP contribution is 2.19. The maximum Gasteiger partial charge on any atom is 0.119 e. The molecule has 108 valence electrons. The minimum atomic E-state index is 0.364. The van der Waals surface area contributed by atoms with Gasteiger partial charge in [0.25, 0.3) is 0 Å². The molecule has 2 rings (SSSR count). The van der Waals surface area contributed by atoms with Gasteiger partial charge in [-0.15, -0.1) is 11.3 Å². The van der Waals surface area contributed by atoms with Crippen molar-refractivity contribution in [1.82, 2.24) is 5.32 Å². The third kappa shape index (κ3) is 4.66. The van der Waals surface area contributed by atoms with Gasteiger partial charge in [0.2, 0.25) is 0 Å². The van der Waals surface area contributed by atoms with Crippen molar-refractivity contribution in [2.45, 2.75) is 32.7 Å². The number of aryl methyl sites for hydroxylation is 1. The first-order valence-corrected chi connectivity index (χ1v) is 8.12. The first-order chi connectivity index (χ1) is 9.81. The normalized spacial score (nSPS) is 12.3. The Morgan fingerprint density at radius 1 is 1.05 bits per heavy atom. The molecule has 0 saturated heterocycles. The van der Waals surface area contributed by atoms with Crippen molar-refractivity contribution in [3.8, 4) is 5.75 Å². The van der Waals surface area contributed by atoms with E-state index in [4.69, 9.17) is 4.74 Å². The summed E-state index contributed by atoms with van der Waals surface area (Å²) in [5, 5.41) is 3.51. The van der Waals surface area contributed by atoms with Crippen LogP contribution in [0.3, 0.4) is 0 Å². The lowest BCUT2D eigenvalue weighted by Crippen LogP contribution is -2.36. The third-order valence-electron chi connectivity index (χ3n) is 3.20. The summed E-state index contributed by atoms with van der Waals surface area (Å²) in [4.78, 5) is 2.89. The zero-order chi connectivity index (χ0) is 14.2. The molecule has 0 amide bonds. The fraction of sp³-hybridized carbons (Fsp3) is 0.412. The van der Waals surface area contributed by atoms with Gasteiger partial charge < -0.3 is 10.1 Å². The molecular formula is C17H23NOS. The molecule has 0 aliphatic heterocycles. The van der Waals surface area contributed by atoms with Crippen molar-refractivity contribution in [3.63, 3.8) is 0 Å². The van der Waals surface area contributed by atoms with E-state index in [1.54, 1.807) is 0 Å². The fourth-order valence-corrected chi connectivity index (χ4v) is 3.19. The van der Waals surface area contributed by atoms with Crippen LogP contribution >= 0.6 is 11.3 Å². The molecule has 2 aromatic rings. The van der Waals surface area contributed by atoms with Crippen LogP contribution < -0.4 is 10.1 Å². The first kappa shape index (κ1) is 15.1. The topological polar surface area (TPSA) is 21.3 Å². The number of hydrogen-bond acceptors (Lipinski definition) is 3. The van der Waals surface area contributed by atoms with E-state index in [9.17, 15) is 0 Å². The van der Waals surface area contributed by atoms with E-state index in [2.05, 4.69) is 31.3 Å². The highest BCUT2D eigenvalue weighted by molar-refractivity contribution is 7.11. The van der Waals surface area contributed by atoms with E-state index in [0.717, 1.165) is 25.1 Å². The van der Waals surface area contributed by atoms with E-state index < -0.39 is 0 Å². The summed E-state index contributed by atoms with van der Waals surface area (Å²) in [6.07, 6.45) is 2.16. The van der Waals surface area contributed by atoms with Gasteiger partial charge in [-0.25, -0.2) is 0 Å². The minimum absolute atomic E-state index is 0.364. The van der Waals surface area contributed by atoms with Crippen LogP contribution in [0.2, 0.25) is 0 Å². The number of hydrogen-bond donors (Lipinski definition) is 1. The quantitative estimate of drug-likeness (QED) is 0.795. The molecule has 0 radical (unpaired) electrons. The van der Waals surface area contributed by atoms with Gasteiger partial charge in [-0.05, 0) is 37.2 Å². The zero-order valence-corrected chi connectivity index (χ0v) is 13.1. The van der Waals surface area contributed by atoms with Gasteiger partial charge in [0.05, 0.1) is 0 Å². The second-order valence-corrected chi connectivity index (χ2v) is 6.06. The smallest absolute Gasteiger partial charge is 0.119 e. The summed E-state index contributed by atoms with van der Waals surface area (Å²) in [5.74, 6) is 0.941. The summed E-state index contributed by atoms with van der Waals surface area (Å²) in [5.41, 5.74) is 0. The van der Waals surface area contributed by atoms with Crippen molar-refractivity contribution >= 4 is 11.3 Å². The Kier molecular flexibility index (Phi) is 6.09. The molecule has 1 aromatic heterocycles. The molecule has 1 unspecified atom stereocenters. The standard InChI is InChI=1S/C17H23NOS/c1-3-16-10-11-17(20-16)12-14(18-4-2)13-19-15-8-6-5-7-9-15/h5-11,14,18H,3-4,12-13H2,1-2H3. The summed E-state index contributed by atoms with van der Waals surface area (Å²) in [6, 6.07) is 14.9. The highest BCUT2D eigenvalue weighted by atomic mass is 32.1. The van der Waals surface area contributed by atoms with E-state index in [-0.39, 0.29) is 0 Å². The molecule has 3 heteroatoms. The summed E-state index contributed by atoms with van der Waals surface area (Å²) in [7, 11) is 0.